The summed E-state index contributed by atoms with van der Waals surface area (Å²) >= 11 is 0. The van der Waals surface area contributed by atoms with Crippen molar-refractivity contribution < 1.29 is 24.2 Å². The first-order valence-corrected chi connectivity index (χ1v) is 14.8. The normalized spacial score (nSPS) is 12.2. The molecule has 5 rings (SSSR count). The number of fused-ring (bicyclic) bond motifs is 1. The first-order valence-electron chi connectivity index (χ1n) is 14.8. The Labute approximate surface area is 260 Å². The molecule has 0 atom stereocenters. The van der Waals surface area contributed by atoms with Crippen molar-refractivity contribution in [2.45, 2.75) is 59.0 Å². The Balaban J connectivity index is 0.000000338. The maximum Gasteiger partial charge on any atom is 0.411 e. The van der Waals surface area contributed by atoms with Gasteiger partial charge >= 0.3 is 12.1 Å². The third-order valence-electron chi connectivity index (χ3n) is 7.50. The number of aryl methyl sites for hydroxylation is 3. The van der Waals surface area contributed by atoms with E-state index in [0.717, 1.165) is 54.3 Å². The van der Waals surface area contributed by atoms with Crippen LogP contribution in [0.15, 0.2) is 78.4 Å². The lowest BCUT2D eigenvalue weighted by molar-refractivity contribution is 0.0696. The first kappa shape index (κ1) is 33.7. The zero-order valence-corrected chi connectivity index (χ0v) is 26.4. The number of aromatic carboxylic acids is 1. The van der Waals surface area contributed by atoms with Crippen LogP contribution in [0.3, 0.4) is 0 Å². The van der Waals surface area contributed by atoms with Gasteiger partial charge in [-0.2, -0.15) is 0 Å². The third-order valence-corrected chi connectivity index (χ3v) is 7.50. The Kier molecular flexibility index (Phi) is 12.8. The van der Waals surface area contributed by atoms with E-state index in [-0.39, 0.29) is 11.7 Å². The van der Waals surface area contributed by atoms with E-state index in [1.54, 1.807) is 12.1 Å². The van der Waals surface area contributed by atoms with Crippen LogP contribution in [-0.2, 0) is 18.2 Å². The van der Waals surface area contributed by atoms with Crippen LogP contribution in [0.5, 0.6) is 5.75 Å². The first-order chi connectivity index (χ1) is 21.2. The minimum Gasteiger partial charge on any atom is -0.496 e. The molecule has 1 fully saturated rings. The van der Waals surface area contributed by atoms with E-state index in [4.69, 9.17) is 9.47 Å². The summed E-state index contributed by atoms with van der Waals surface area (Å²) in [6.45, 7) is 10.2. The number of aromatic nitrogens is 1. The fourth-order valence-electron chi connectivity index (χ4n) is 5.00. The van der Waals surface area contributed by atoms with Crippen LogP contribution >= 0.6 is 0 Å². The molecule has 44 heavy (non-hydrogen) atoms. The molecule has 1 saturated carbocycles. The van der Waals surface area contributed by atoms with E-state index in [2.05, 4.69) is 60.9 Å². The van der Waals surface area contributed by atoms with Crippen LogP contribution < -0.4 is 10.1 Å². The van der Waals surface area contributed by atoms with Crippen LogP contribution in [0.2, 0.25) is 0 Å². The van der Waals surface area contributed by atoms with E-state index >= 15 is 0 Å². The number of amides is 1. The Hall–Kier alpha value is -4.81. The quantitative estimate of drug-likeness (QED) is 0.209. The maximum atomic E-state index is 12.3. The van der Waals surface area contributed by atoms with Crippen molar-refractivity contribution >= 4 is 34.5 Å². The molecule has 8 heteroatoms. The molecule has 1 aromatic heterocycles. The Morgan fingerprint density at radius 2 is 1.73 bits per heavy atom. The van der Waals surface area contributed by atoms with Crippen molar-refractivity contribution in [2.24, 2.45) is 12.0 Å². The number of ether oxygens (including phenoxy) is 2. The SMILES string of the molecule is C=C=NCC.COc1cc(C(=O)O)ccc1Cc1cn(C)c2ccc(NC(=O)OC3CCCC3)cc12.Cc1ccccc1C. The molecule has 0 saturated heterocycles. The number of aliphatic imine (C=N–C) groups is 1. The summed E-state index contributed by atoms with van der Waals surface area (Å²) in [5.41, 5.74) is 6.57. The third kappa shape index (κ3) is 9.61. The van der Waals surface area contributed by atoms with Gasteiger partial charge in [0.15, 0.2) is 0 Å². The number of carboxylic acid groups (broad SMARTS) is 1. The summed E-state index contributed by atoms with van der Waals surface area (Å²) < 4.78 is 13.0. The summed E-state index contributed by atoms with van der Waals surface area (Å²) in [5, 5.41) is 13.1. The van der Waals surface area contributed by atoms with Crippen molar-refractivity contribution in [3.05, 3.63) is 101 Å². The summed E-state index contributed by atoms with van der Waals surface area (Å²) in [6, 6.07) is 19.0. The Morgan fingerprint density at radius 1 is 1.05 bits per heavy atom. The second-order valence-corrected chi connectivity index (χ2v) is 10.7. The van der Waals surface area contributed by atoms with Crippen LogP contribution in [0, 0.1) is 13.8 Å². The van der Waals surface area contributed by atoms with Crippen molar-refractivity contribution in [2.75, 3.05) is 19.0 Å². The molecule has 1 heterocycles. The lowest BCUT2D eigenvalue weighted by atomic mass is 10.0. The monoisotopic (exact) mass is 597 g/mol. The van der Waals surface area contributed by atoms with E-state index in [1.165, 1.54) is 24.3 Å². The molecule has 0 unspecified atom stereocenters. The van der Waals surface area contributed by atoms with Gasteiger partial charge in [-0.1, -0.05) is 30.3 Å². The highest BCUT2D eigenvalue weighted by molar-refractivity contribution is 5.92. The van der Waals surface area contributed by atoms with E-state index in [9.17, 15) is 14.7 Å². The molecule has 1 aliphatic rings. The predicted octanol–water partition coefficient (Wildman–Crippen LogP) is 8.13. The number of methoxy groups -OCH3 is 1. The molecule has 0 radical (unpaired) electrons. The van der Waals surface area contributed by atoms with Crippen LogP contribution in [0.4, 0.5) is 10.5 Å². The topological polar surface area (TPSA) is 102 Å². The van der Waals surface area contributed by atoms with Gasteiger partial charge in [0.25, 0.3) is 0 Å². The van der Waals surface area contributed by atoms with Gasteiger partial charge < -0.3 is 19.1 Å². The number of hydrogen-bond acceptors (Lipinski definition) is 5. The summed E-state index contributed by atoms with van der Waals surface area (Å²) in [7, 11) is 3.50. The molecule has 8 nitrogen and oxygen atoms in total. The maximum absolute atomic E-state index is 12.3. The van der Waals surface area contributed by atoms with Crippen LogP contribution in [0.1, 0.15) is 65.2 Å². The summed E-state index contributed by atoms with van der Waals surface area (Å²) in [6.07, 6.45) is 6.26. The molecule has 0 spiro atoms. The number of carbonyl (C=O) groups excluding carboxylic acids is 1. The number of carboxylic acids is 1. The zero-order chi connectivity index (χ0) is 32.1. The van der Waals surface area contributed by atoms with Gasteiger partial charge in [0, 0.05) is 42.8 Å². The van der Waals surface area contributed by atoms with Gasteiger partial charge in [0.05, 0.1) is 12.7 Å². The number of hydrogen-bond donors (Lipinski definition) is 2. The highest BCUT2D eigenvalue weighted by Crippen LogP contribution is 2.30. The Morgan fingerprint density at radius 3 is 2.27 bits per heavy atom. The molecule has 2 N–H and O–H groups in total. The number of anilines is 1. The molecule has 1 amide bonds. The molecule has 232 valence electrons. The Bertz CT molecular complexity index is 1590. The minimum atomic E-state index is -0.991. The molecule has 3 aromatic carbocycles. The van der Waals surface area contributed by atoms with E-state index < -0.39 is 12.1 Å². The van der Waals surface area contributed by atoms with Gasteiger partial charge in [-0.05, 0) is 111 Å². The fourth-order valence-corrected chi connectivity index (χ4v) is 5.00. The minimum absolute atomic E-state index is 0.0113. The average Bonchev–Trinajstić information content (AvgIpc) is 3.63. The average molecular weight is 598 g/mol. The van der Waals surface area contributed by atoms with E-state index in [1.807, 2.05) is 42.9 Å². The van der Waals surface area contributed by atoms with Gasteiger partial charge in [0.1, 0.15) is 11.9 Å². The van der Waals surface area contributed by atoms with Gasteiger partial charge in [0.2, 0.25) is 0 Å². The van der Waals surface area contributed by atoms with Gasteiger partial charge in [-0.3, -0.25) is 5.32 Å². The molecule has 0 bridgehead atoms. The molecule has 0 aliphatic heterocycles. The largest absolute Gasteiger partial charge is 0.496 e. The fraction of sp³-hybridized carbons (Fsp3) is 0.333. The van der Waals surface area contributed by atoms with Crippen LogP contribution in [-0.4, -0.2) is 47.4 Å². The predicted molar refractivity (Wildman–Crippen MR) is 178 cm³/mol. The number of benzene rings is 3. The lowest BCUT2D eigenvalue weighted by Gasteiger charge is -2.12. The van der Waals surface area contributed by atoms with Crippen molar-refractivity contribution in [3.8, 4) is 5.75 Å². The van der Waals surface area contributed by atoms with Crippen LogP contribution in [0.25, 0.3) is 10.9 Å². The second-order valence-electron chi connectivity index (χ2n) is 10.7. The highest BCUT2D eigenvalue weighted by Gasteiger charge is 2.19. The molecular formula is C36H43N3O5. The molecule has 4 aromatic rings. The summed E-state index contributed by atoms with van der Waals surface area (Å²) in [4.78, 5) is 27.1. The zero-order valence-electron chi connectivity index (χ0n) is 26.4. The van der Waals surface area contributed by atoms with Gasteiger partial charge in [-0.25, -0.2) is 14.6 Å². The number of nitrogens with one attached hydrogen (secondary N) is 1. The van der Waals surface area contributed by atoms with Crippen molar-refractivity contribution in [1.82, 2.24) is 4.57 Å². The second kappa shape index (κ2) is 16.7. The van der Waals surface area contributed by atoms with E-state index in [0.29, 0.717) is 17.9 Å². The number of carbonyl (C=O) groups is 2. The highest BCUT2D eigenvalue weighted by atomic mass is 16.6. The van der Waals surface area contributed by atoms with Crippen molar-refractivity contribution in [3.63, 3.8) is 0 Å². The number of rotatable bonds is 7. The molecular weight excluding hydrogens is 554 g/mol. The van der Waals surface area contributed by atoms with Crippen molar-refractivity contribution in [1.29, 1.82) is 0 Å². The summed E-state index contributed by atoms with van der Waals surface area (Å²) in [5.74, 6) is 1.94. The van der Waals surface area contributed by atoms with Gasteiger partial charge in [-0.15, -0.1) is 0 Å². The smallest absolute Gasteiger partial charge is 0.411 e. The number of nitrogens with zero attached hydrogens (tertiary/aromatic N) is 2. The standard InChI is InChI=1S/C24H26N2O5.C8H10.C4H7N/c1-26-14-17(11-15-7-8-16(23(27)28)12-22(15)30-2)20-13-18(9-10-21(20)26)25-24(29)31-19-5-3-4-6-19;1-7-5-3-4-6-8(7)2;1-3-5-4-2/h7-10,12-14,19H,3-6,11H2,1-2H3,(H,25,29)(H,27,28);3-6H,1-2H3;1,4H2,2H3. The molecule has 1 aliphatic carbocycles. The lowest BCUT2D eigenvalue weighted by Crippen LogP contribution is -2.20.